The van der Waals surface area contributed by atoms with Crippen LogP contribution in [0.15, 0.2) is 6.20 Å². The van der Waals surface area contributed by atoms with Crippen molar-refractivity contribution in [3.8, 4) is 0 Å². The molecule has 1 fully saturated rings. The zero-order valence-corrected chi connectivity index (χ0v) is 11.2. The molecule has 3 nitrogen and oxygen atoms in total. The normalized spacial score (nSPS) is 28.5. The number of carbonyl (C=O) groups is 1. The Morgan fingerprint density at radius 3 is 2.94 bits per heavy atom. The Labute approximate surface area is 106 Å². The van der Waals surface area contributed by atoms with Crippen molar-refractivity contribution >= 4 is 17.3 Å². The molecule has 0 aromatic carbocycles. The molecule has 0 radical (unpaired) electrons. The second-order valence-electron chi connectivity index (χ2n) is 5.12. The van der Waals surface area contributed by atoms with Crippen LogP contribution >= 0.6 is 11.3 Å². The Bertz CT molecular complexity index is 415. The number of aromatic nitrogens is 1. The van der Waals surface area contributed by atoms with Gasteiger partial charge in [0.05, 0.1) is 10.4 Å². The molecule has 0 aliphatic heterocycles. The van der Waals surface area contributed by atoms with E-state index in [0.29, 0.717) is 12.3 Å². The first kappa shape index (κ1) is 12.6. The third-order valence-electron chi connectivity index (χ3n) is 3.92. The van der Waals surface area contributed by atoms with E-state index >= 15 is 0 Å². The second kappa shape index (κ2) is 4.77. The highest BCUT2D eigenvalue weighted by Gasteiger charge is 2.45. The molecule has 0 amide bonds. The van der Waals surface area contributed by atoms with Crippen LogP contribution in [0.25, 0.3) is 0 Å². The minimum absolute atomic E-state index is 0.528. The van der Waals surface area contributed by atoms with Crippen LogP contribution < -0.4 is 0 Å². The van der Waals surface area contributed by atoms with Crippen LogP contribution in [-0.4, -0.2) is 16.1 Å². The molecule has 17 heavy (non-hydrogen) atoms. The topological polar surface area (TPSA) is 50.2 Å². The summed E-state index contributed by atoms with van der Waals surface area (Å²) in [4.78, 5) is 16.9. The SMILES string of the molecule is CCC1CCC(Cc2cnc(C)s2)(C(=O)O)C1. The molecule has 94 valence electrons. The van der Waals surface area contributed by atoms with Crippen LogP contribution in [-0.2, 0) is 11.2 Å². The van der Waals surface area contributed by atoms with Gasteiger partial charge in [-0.1, -0.05) is 13.3 Å². The van der Waals surface area contributed by atoms with Gasteiger partial charge in [0, 0.05) is 11.1 Å². The average molecular weight is 253 g/mol. The van der Waals surface area contributed by atoms with E-state index in [-0.39, 0.29) is 0 Å². The number of carboxylic acid groups (broad SMARTS) is 1. The van der Waals surface area contributed by atoms with Gasteiger partial charge in [-0.25, -0.2) is 4.98 Å². The standard InChI is InChI=1S/C13H19NO2S/c1-3-10-4-5-13(6-10,12(15)16)7-11-8-14-9(2)17-11/h8,10H,3-7H2,1-2H3,(H,15,16). The maximum absolute atomic E-state index is 11.6. The van der Waals surface area contributed by atoms with Crippen molar-refractivity contribution in [3.05, 3.63) is 16.1 Å². The number of aryl methyl sites for hydroxylation is 1. The van der Waals surface area contributed by atoms with Crippen LogP contribution in [0.1, 0.15) is 42.5 Å². The van der Waals surface area contributed by atoms with E-state index in [0.717, 1.165) is 35.6 Å². The number of hydrogen-bond acceptors (Lipinski definition) is 3. The van der Waals surface area contributed by atoms with Gasteiger partial charge in [0.15, 0.2) is 0 Å². The lowest BCUT2D eigenvalue weighted by Crippen LogP contribution is -2.30. The largest absolute Gasteiger partial charge is 0.481 e. The van der Waals surface area contributed by atoms with E-state index in [9.17, 15) is 9.90 Å². The highest BCUT2D eigenvalue weighted by molar-refractivity contribution is 7.11. The van der Waals surface area contributed by atoms with E-state index in [1.807, 2.05) is 13.1 Å². The predicted molar refractivity (Wildman–Crippen MR) is 68.3 cm³/mol. The van der Waals surface area contributed by atoms with Crippen LogP contribution in [0.3, 0.4) is 0 Å². The number of carboxylic acids is 1. The smallest absolute Gasteiger partial charge is 0.310 e. The fourth-order valence-corrected chi connectivity index (χ4v) is 3.78. The van der Waals surface area contributed by atoms with Crippen molar-refractivity contribution in [2.45, 2.75) is 46.0 Å². The molecule has 0 saturated heterocycles. The zero-order valence-electron chi connectivity index (χ0n) is 10.4. The Balaban J connectivity index is 2.16. The molecule has 2 unspecified atom stereocenters. The molecule has 1 aromatic heterocycles. The van der Waals surface area contributed by atoms with Crippen molar-refractivity contribution in [2.75, 3.05) is 0 Å². The van der Waals surface area contributed by atoms with E-state index < -0.39 is 11.4 Å². The summed E-state index contributed by atoms with van der Waals surface area (Å²) in [5, 5.41) is 10.5. The molecule has 0 bridgehead atoms. The summed E-state index contributed by atoms with van der Waals surface area (Å²) in [6.45, 7) is 4.12. The van der Waals surface area contributed by atoms with Crippen LogP contribution in [0.5, 0.6) is 0 Å². The highest BCUT2D eigenvalue weighted by atomic mass is 32.1. The van der Waals surface area contributed by atoms with Gasteiger partial charge < -0.3 is 5.11 Å². The van der Waals surface area contributed by atoms with Crippen LogP contribution in [0.4, 0.5) is 0 Å². The van der Waals surface area contributed by atoms with Gasteiger partial charge in [0.25, 0.3) is 0 Å². The van der Waals surface area contributed by atoms with Gasteiger partial charge in [-0.15, -0.1) is 11.3 Å². The van der Waals surface area contributed by atoms with Crippen molar-refractivity contribution in [2.24, 2.45) is 11.3 Å². The Morgan fingerprint density at radius 1 is 1.71 bits per heavy atom. The van der Waals surface area contributed by atoms with E-state index in [1.165, 1.54) is 0 Å². The minimum atomic E-state index is -0.625. The van der Waals surface area contributed by atoms with Gasteiger partial charge >= 0.3 is 5.97 Å². The van der Waals surface area contributed by atoms with Crippen molar-refractivity contribution in [3.63, 3.8) is 0 Å². The maximum atomic E-state index is 11.6. The molecule has 4 heteroatoms. The third kappa shape index (κ3) is 2.51. The number of rotatable bonds is 4. The number of aliphatic carboxylic acids is 1. The summed E-state index contributed by atoms with van der Waals surface area (Å²) in [5.74, 6) is -0.0420. The van der Waals surface area contributed by atoms with Gasteiger partial charge in [0.1, 0.15) is 0 Å². The van der Waals surface area contributed by atoms with Gasteiger partial charge in [-0.05, 0) is 38.5 Å². The van der Waals surface area contributed by atoms with Crippen molar-refractivity contribution < 1.29 is 9.90 Å². The molecule has 1 saturated carbocycles. The highest BCUT2D eigenvalue weighted by Crippen LogP contribution is 2.46. The Kier molecular flexibility index (Phi) is 3.52. The molecule has 2 atom stereocenters. The summed E-state index contributed by atoms with van der Waals surface area (Å²) in [6, 6.07) is 0. The lowest BCUT2D eigenvalue weighted by atomic mass is 9.81. The quantitative estimate of drug-likeness (QED) is 0.896. The first-order valence-corrected chi connectivity index (χ1v) is 7.02. The molecule has 2 rings (SSSR count). The first-order chi connectivity index (χ1) is 8.05. The molecular weight excluding hydrogens is 234 g/mol. The van der Waals surface area contributed by atoms with Crippen molar-refractivity contribution in [1.82, 2.24) is 4.98 Å². The third-order valence-corrected chi connectivity index (χ3v) is 4.84. The summed E-state index contributed by atoms with van der Waals surface area (Å²) in [7, 11) is 0. The molecule has 1 N–H and O–H groups in total. The van der Waals surface area contributed by atoms with Gasteiger partial charge in [-0.3, -0.25) is 4.79 Å². The zero-order chi connectivity index (χ0) is 12.5. The summed E-state index contributed by atoms with van der Waals surface area (Å²) in [5.41, 5.74) is -0.528. The number of thiazole rings is 1. The molecule has 1 aliphatic carbocycles. The van der Waals surface area contributed by atoms with Gasteiger partial charge in [-0.2, -0.15) is 0 Å². The van der Waals surface area contributed by atoms with Crippen LogP contribution in [0.2, 0.25) is 0 Å². The molecule has 0 spiro atoms. The second-order valence-corrected chi connectivity index (χ2v) is 6.44. The molecule has 1 aliphatic rings. The van der Waals surface area contributed by atoms with Crippen molar-refractivity contribution in [1.29, 1.82) is 0 Å². The maximum Gasteiger partial charge on any atom is 0.310 e. The number of nitrogens with zero attached hydrogens (tertiary/aromatic N) is 1. The summed E-state index contributed by atoms with van der Waals surface area (Å²) in [6.07, 6.45) is 6.29. The molecular formula is C13H19NO2S. The Morgan fingerprint density at radius 2 is 2.47 bits per heavy atom. The predicted octanol–water partition coefficient (Wildman–Crippen LogP) is 3.28. The van der Waals surface area contributed by atoms with E-state index in [4.69, 9.17) is 0 Å². The molecule has 1 aromatic rings. The first-order valence-electron chi connectivity index (χ1n) is 6.20. The fourth-order valence-electron chi connectivity index (χ4n) is 2.84. The monoisotopic (exact) mass is 253 g/mol. The van der Waals surface area contributed by atoms with Crippen LogP contribution in [0, 0.1) is 18.3 Å². The minimum Gasteiger partial charge on any atom is -0.481 e. The van der Waals surface area contributed by atoms with Gasteiger partial charge in [0.2, 0.25) is 0 Å². The average Bonchev–Trinajstić information content (AvgIpc) is 2.87. The van der Waals surface area contributed by atoms with E-state index in [2.05, 4.69) is 11.9 Å². The molecule has 1 heterocycles. The summed E-state index contributed by atoms with van der Waals surface area (Å²) < 4.78 is 0. The number of hydrogen-bond donors (Lipinski definition) is 1. The fraction of sp³-hybridized carbons (Fsp3) is 0.692. The van der Waals surface area contributed by atoms with E-state index in [1.54, 1.807) is 11.3 Å². The lowest BCUT2D eigenvalue weighted by molar-refractivity contribution is -0.148. The lowest BCUT2D eigenvalue weighted by Gasteiger charge is -2.23. The Hall–Kier alpha value is -0.900. The summed E-state index contributed by atoms with van der Waals surface area (Å²) >= 11 is 1.62.